The van der Waals surface area contributed by atoms with Crippen molar-refractivity contribution in [3.8, 4) is 11.5 Å². The molecule has 31 heavy (non-hydrogen) atoms. The van der Waals surface area contributed by atoms with Crippen molar-refractivity contribution in [2.24, 2.45) is 5.10 Å². The molecule has 0 saturated carbocycles. The zero-order chi connectivity index (χ0) is 22.1. The van der Waals surface area contributed by atoms with Crippen LogP contribution in [-0.4, -0.2) is 19.2 Å². The van der Waals surface area contributed by atoms with Crippen LogP contribution >= 0.6 is 27.5 Å². The predicted molar refractivity (Wildman–Crippen MR) is 128 cm³/mol. The number of hydrogen-bond acceptors (Lipinski definition) is 4. The van der Waals surface area contributed by atoms with E-state index < -0.39 is 0 Å². The standard InChI is InChI=1S/C24H20BrClN2O3/c1-30-22-14-18(15-27-28-23(29)12-11-17-7-3-2-4-8-17)13-20(25)24(22)31-16-19-9-5-6-10-21(19)26/h2-15H,16H2,1H3,(H,28,29)/b12-11+,27-15-. The summed E-state index contributed by atoms with van der Waals surface area (Å²) in [4.78, 5) is 11.9. The highest BCUT2D eigenvalue weighted by atomic mass is 79.9. The summed E-state index contributed by atoms with van der Waals surface area (Å²) in [7, 11) is 1.56. The number of benzene rings is 3. The summed E-state index contributed by atoms with van der Waals surface area (Å²) < 4.78 is 12.1. The van der Waals surface area contributed by atoms with Crippen LogP contribution in [0, 0.1) is 0 Å². The lowest BCUT2D eigenvalue weighted by atomic mass is 10.2. The van der Waals surface area contributed by atoms with Crippen LogP contribution in [0.4, 0.5) is 0 Å². The summed E-state index contributed by atoms with van der Waals surface area (Å²) in [6.07, 6.45) is 4.67. The van der Waals surface area contributed by atoms with Gasteiger partial charge in [0.1, 0.15) is 6.61 Å². The number of carbonyl (C=O) groups excluding carboxylic acids is 1. The molecule has 0 radical (unpaired) electrons. The van der Waals surface area contributed by atoms with Crippen LogP contribution in [0.2, 0.25) is 5.02 Å². The topological polar surface area (TPSA) is 59.9 Å². The van der Waals surface area contributed by atoms with Crippen molar-refractivity contribution in [1.82, 2.24) is 5.43 Å². The van der Waals surface area contributed by atoms with Gasteiger partial charge in [0.05, 0.1) is 17.8 Å². The summed E-state index contributed by atoms with van der Waals surface area (Å²) in [5.41, 5.74) is 4.99. The van der Waals surface area contributed by atoms with Crippen LogP contribution in [0.25, 0.3) is 6.08 Å². The largest absolute Gasteiger partial charge is 0.493 e. The van der Waals surface area contributed by atoms with E-state index in [-0.39, 0.29) is 5.91 Å². The van der Waals surface area contributed by atoms with E-state index in [2.05, 4.69) is 26.5 Å². The second-order valence-electron chi connectivity index (χ2n) is 6.39. The molecule has 5 nitrogen and oxygen atoms in total. The Hall–Kier alpha value is -3.09. The van der Waals surface area contributed by atoms with E-state index >= 15 is 0 Å². The van der Waals surface area contributed by atoms with E-state index in [1.165, 1.54) is 12.3 Å². The van der Waals surface area contributed by atoms with Gasteiger partial charge in [-0.3, -0.25) is 4.79 Å². The van der Waals surface area contributed by atoms with Crippen LogP contribution in [0.1, 0.15) is 16.7 Å². The summed E-state index contributed by atoms with van der Waals surface area (Å²) in [5.74, 6) is 0.749. The van der Waals surface area contributed by atoms with Crippen LogP contribution < -0.4 is 14.9 Å². The van der Waals surface area contributed by atoms with Crippen molar-refractivity contribution in [2.45, 2.75) is 6.61 Å². The Kier molecular flexibility index (Phi) is 8.27. The molecule has 3 rings (SSSR count). The third kappa shape index (κ3) is 6.70. The Balaban J connectivity index is 1.64. The first-order valence-corrected chi connectivity index (χ1v) is 10.5. The molecule has 0 unspecified atom stereocenters. The van der Waals surface area contributed by atoms with Crippen molar-refractivity contribution in [2.75, 3.05) is 7.11 Å². The molecule has 0 spiro atoms. The molecule has 0 aliphatic heterocycles. The molecular weight excluding hydrogens is 480 g/mol. The third-order valence-electron chi connectivity index (χ3n) is 4.20. The first-order valence-electron chi connectivity index (χ1n) is 9.36. The molecule has 3 aromatic rings. The first-order chi connectivity index (χ1) is 15.1. The van der Waals surface area contributed by atoms with Gasteiger partial charge in [0.15, 0.2) is 11.5 Å². The zero-order valence-electron chi connectivity index (χ0n) is 16.7. The molecule has 0 aliphatic carbocycles. The fourth-order valence-corrected chi connectivity index (χ4v) is 3.43. The van der Waals surface area contributed by atoms with Gasteiger partial charge in [-0.15, -0.1) is 0 Å². The summed E-state index contributed by atoms with van der Waals surface area (Å²) in [6.45, 7) is 0.297. The van der Waals surface area contributed by atoms with Gasteiger partial charge in [-0.2, -0.15) is 5.10 Å². The van der Waals surface area contributed by atoms with E-state index in [1.807, 2.05) is 60.7 Å². The molecule has 0 fully saturated rings. The molecule has 1 N–H and O–H groups in total. The maximum absolute atomic E-state index is 11.9. The van der Waals surface area contributed by atoms with E-state index in [0.29, 0.717) is 27.6 Å². The predicted octanol–water partition coefficient (Wildman–Crippen LogP) is 5.85. The van der Waals surface area contributed by atoms with Gasteiger partial charge in [0.2, 0.25) is 0 Å². The van der Waals surface area contributed by atoms with Gasteiger partial charge < -0.3 is 9.47 Å². The SMILES string of the molecule is COc1cc(/C=N\NC(=O)/C=C/c2ccccc2)cc(Br)c1OCc1ccccc1Cl. The maximum Gasteiger partial charge on any atom is 0.264 e. The van der Waals surface area contributed by atoms with Crippen molar-refractivity contribution < 1.29 is 14.3 Å². The molecule has 7 heteroatoms. The average molecular weight is 500 g/mol. The summed E-state index contributed by atoms with van der Waals surface area (Å²) in [5, 5.41) is 4.63. The minimum absolute atomic E-state index is 0.297. The average Bonchev–Trinajstić information content (AvgIpc) is 2.78. The Morgan fingerprint density at radius 2 is 1.84 bits per heavy atom. The van der Waals surface area contributed by atoms with Crippen molar-refractivity contribution in [3.05, 3.63) is 99.0 Å². The van der Waals surface area contributed by atoms with Crippen LogP contribution in [0.3, 0.4) is 0 Å². The van der Waals surface area contributed by atoms with E-state index in [1.54, 1.807) is 19.3 Å². The fourth-order valence-electron chi connectivity index (χ4n) is 2.66. The van der Waals surface area contributed by atoms with Crippen LogP contribution in [0.15, 0.2) is 82.4 Å². The number of rotatable bonds is 8. The lowest BCUT2D eigenvalue weighted by molar-refractivity contribution is -0.116. The number of hydrazone groups is 1. The first kappa shape index (κ1) is 22.6. The van der Waals surface area contributed by atoms with Crippen molar-refractivity contribution in [1.29, 1.82) is 0 Å². The fraction of sp³-hybridized carbons (Fsp3) is 0.0833. The molecule has 0 aliphatic rings. The Morgan fingerprint density at radius 3 is 2.58 bits per heavy atom. The van der Waals surface area contributed by atoms with Crippen molar-refractivity contribution in [3.63, 3.8) is 0 Å². The third-order valence-corrected chi connectivity index (χ3v) is 5.15. The van der Waals surface area contributed by atoms with Gasteiger partial charge in [0, 0.05) is 16.7 Å². The smallest absolute Gasteiger partial charge is 0.264 e. The van der Waals surface area contributed by atoms with Crippen molar-refractivity contribution >= 4 is 45.7 Å². The Labute approximate surface area is 194 Å². The normalized spacial score (nSPS) is 11.1. The molecule has 0 heterocycles. The van der Waals surface area contributed by atoms with Crippen LogP contribution in [-0.2, 0) is 11.4 Å². The summed E-state index contributed by atoms with van der Waals surface area (Å²) in [6, 6.07) is 20.6. The summed E-state index contributed by atoms with van der Waals surface area (Å²) >= 11 is 9.69. The highest BCUT2D eigenvalue weighted by Gasteiger charge is 2.12. The van der Waals surface area contributed by atoms with Gasteiger partial charge in [-0.25, -0.2) is 5.43 Å². The lowest BCUT2D eigenvalue weighted by Crippen LogP contribution is -2.14. The molecule has 0 atom stereocenters. The van der Waals surface area contributed by atoms with E-state index in [9.17, 15) is 4.79 Å². The number of nitrogens with zero attached hydrogens (tertiary/aromatic N) is 1. The number of hydrogen-bond donors (Lipinski definition) is 1. The number of nitrogens with one attached hydrogen (secondary N) is 1. The number of amides is 1. The van der Waals surface area contributed by atoms with Crippen LogP contribution in [0.5, 0.6) is 11.5 Å². The minimum atomic E-state index is -0.328. The number of carbonyl (C=O) groups is 1. The zero-order valence-corrected chi connectivity index (χ0v) is 19.1. The highest BCUT2D eigenvalue weighted by molar-refractivity contribution is 9.10. The van der Waals surface area contributed by atoms with E-state index in [4.69, 9.17) is 21.1 Å². The molecule has 0 aromatic heterocycles. The second-order valence-corrected chi connectivity index (χ2v) is 7.65. The van der Waals surface area contributed by atoms with Gasteiger partial charge in [-0.1, -0.05) is 60.1 Å². The maximum atomic E-state index is 11.9. The van der Waals surface area contributed by atoms with Gasteiger partial charge in [-0.05, 0) is 51.3 Å². The Morgan fingerprint density at radius 1 is 1.10 bits per heavy atom. The minimum Gasteiger partial charge on any atom is -0.493 e. The Bertz CT molecular complexity index is 1100. The molecule has 1 amide bonds. The number of ether oxygens (including phenoxy) is 2. The monoisotopic (exact) mass is 498 g/mol. The molecular formula is C24H20BrClN2O3. The molecule has 3 aromatic carbocycles. The highest BCUT2D eigenvalue weighted by Crippen LogP contribution is 2.37. The quantitative estimate of drug-likeness (QED) is 0.240. The lowest BCUT2D eigenvalue weighted by Gasteiger charge is -2.14. The molecule has 0 saturated heterocycles. The number of halogens is 2. The van der Waals surface area contributed by atoms with E-state index in [0.717, 1.165) is 16.7 Å². The molecule has 158 valence electrons. The number of methoxy groups -OCH3 is 1. The second kappa shape index (κ2) is 11.3. The van der Waals surface area contributed by atoms with Gasteiger partial charge in [0.25, 0.3) is 5.91 Å². The van der Waals surface area contributed by atoms with Gasteiger partial charge >= 0.3 is 0 Å². The molecule has 0 bridgehead atoms.